The summed E-state index contributed by atoms with van der Waals surface area (Å²) in [7, 11) is 1.63. The lowest BCUT2D eigenvalue weighted by molar-refractivity contribution is 0.398. The minimum absolute atomic E-state index is 0.633. The molecule has 4 heteroatoms. The number of ether oxygens (including phenoxy) is 1. The minimum Gasteiger partial charge on any atom is -0.481 e. The third kappa shape index (κ3) is 2.38. The van der Waals surface area contributed by atoms with Gasteiger partial charge in [-0.1, -0.05) is 12.8 Å². The van der Waals surface area contributed by atoms with Crippen molar-refractivity contribution in [3.63, 3.8) is 0 Å². The van der Waals surface area contributed by atoms with Gasteiger partial charge in [-0.05, 0) is 18.9 Å². The third-order valence-electron chi connectivity index (χ3n) is 2.99. The summed E-state index contributed by atoms with van der Waals surface area (Å²) in [5.41, 5.74) is 6.70. The van der Waals surface area contributed by atoms with Crippen LogP contribution in [0.15, 0.2) is 12.1 Å². The van der Waals surface area contributed by atoms with Crippen LogP contribution in [0, 0.1) is 0 Å². The second kappa shape index (κ2) is 5.05. The van der Waals surface area contributed by atoms with Crippen molar-refractivity contribution < 1.29 is 4.74 Å². The fourth-order valence-electron chi connectivity index (χ4n) is 2.09. The molecule has 16 heavy (non-hydrogen) atoms. The zero-order chi connectivity index (χ0) is 11.4. The largest absolute Gasteiger partial charge is 0.481 e. The van der Waals surface area contributed by atoms with Crippen molar-refractivity contribution in [1.82, 2.24) is 4.98 Å². The van der Waals surface area contributed by atoms with E-state index in [1.807, 2.05) is 6.07 Å². The van der Waals surface area contributed by atoms with E-state index < -0.39 is 0 Å². The number of anilines is 2. The molecule has 0 unspecified atom stereocenters. The van der Waals surface area contributed by atoms with E-state index >= 15 is 0 Å². The summed E-state index contributed by atoms with van der Waals surface area (Å²) in [6.45, 7) is 2.09. The molecule has 1 fully saturated rings. The Hall–Kier alpha value is -1.45. The average Bonchev–Trinajstić information content (AvgIpc) is 2.58. The molecule has 88 valence electrons. The SMILES string of the molecule is COc1ccc(N)c(N2CCCCCC2)n1. The summed E-state index contributed by atoms with van der Waals surface area (Å²) in [5, 5.41) is 0. The molecule has 4 nitrogen and oxygen atoms in total. The maximum absolute atomic E-state index is 5.97. The normalized spacial score (nSPS) is 16.9. The summed E-state index contributed by atoms with van der Waals surface area (Å²) in [6, 6.07) is 3.67. The number of aromatic nitrogens is 1. The Morgan fingerprint density at radius 2 is 1.88 bits per heavy atom. The topological polar surface area (TPSA) is 51.4 Å². The molecule has 0 amide bonds. The Morgan fingerprint density at radius 1 is 1.19 bits per heavy atom. The van der Waals surface area contributed by atoms with Crippen LogP contribution in [-0.2, 0) is 0 Å². The van der Waals surface area contributed by atoms with Crippen molar-refractivity contribution >= 4 is 11.5 Å². The number of hydrogen-bond donors (Lipinski definition) is 1. The summed E-state index contributed by atoms with van der Waals surface area (Å²) >= 11 is 0. The van der Waals surface area contributed by atoms with E-state index in [4.69, 9.17) is 10.5 Å². The van der Waals surface area contributed by atoms with E-state index in [0.717, 1.165) is 24.6 Å². The molecule has 0 radical (unpaired) electrons. The first-order valence-corrected chi connectivity index (χ1v) is 5.87. The maximum Gasteiger partial charge on any atom is 0.215 e. The van der Waals surface area contributed by atoms with E-state index in [1.165, 1.54) is 25.7 Å². The third-order valence-corrected chi connectivity index (χ3v) is 2.99. The van der Waals surface area contributed by atoms with E-state index in [1.54, 1.807) is 13.2 Å². The maximum atomic E-state index is 5.97. The highest BCUT2D eigenvalue weighted by Crippen LogP contribution is 2.25. The van der Waals surface area contributed by atoms with E-state index in [-0.39, 0.29) is 0 Å². The molecule has 2 heterocycles. The van der Waals surface area contributed by atoms with Gasteiger partial charge >= 0.3 is 0 Å². The number of methoxy groups -OCH3 is 1. The lowest BCUT2D eigenvalue weighted by Crippen LogP contribution is -2.26. The highest BCUT2D eigenvalue weighted by Gasteiger charge is 2.14. The molecule has 1 aromatic rings. The molecule has 0 saturated carbocycles. The zero-order valence-electron chi connectivity index (χ0n) is 9.78. The number of rotatable bonds is 2. The Morgan fingerprint density at radius 3 is 2.50 bits per heavy atom. The van der Waals surface area contributed by atoms with Gasteiger partial charge in [-0.25, -0.2) is 0 Å². The Kier molecular flexibility index (Phi) is 3.49. The van der Waals surface area contributed by atoms with Gasteiger partial charge in [-0.15, -0.1) is 0 Å². The van der Waals surface area contributed by atoms with Gasteiger partial charge in [0.15, 0.2) is 5.82 Å². The fourth-order valence-corrected chi connectivity index (χ4v) is 2.09. The van der Waals surface area contributed by atoms with Gasteiger partial charge in [0.2, 0.25) is 5.88 Å². The van der Waals surface area contributed by atoms with Gasteiger partial charge in [0.05, 0.1) is 12.8 Å². The van der Waals surface area contributed by atoms with Crippen LogP contribution >= 0.6 is 0 Å². The summed E-state index contributed by atoms with van der Waals surface area (Å²) in [5.74, 6) is 1.51. The number of nitrogens with two attached hydrogens (primary N) is 1. The van der Waals surface area contributed by atoms with E-state index in [9.17, 15) is 0 Å². The van der Waals surface area contributed by atoms with Crippen molar-refractivity contribution in [3.8, 4) is 5.88 Å². The van der Waals surface area contributed by atoms with Gasteiger partial charge in [-0.2, -0.15) is 4.98 Å². The Bertz CT molecular complexity index is 346. The van der Waals surface area contributed by atoms with Crippen LogP contribution in [0.25, 0.3) is 0 Å². The minimum atomic E-state index is 0.633. The molecule has 0 aromatic carbocycles. The van der Waals surface area contributed by atoms with Crippen molar-refractivity contribution in [2.75, 3.05) is 30.8 Å². The number of nitrogens with zero attached hydrogens (tertiary/aromatic N) is 2. The molecule has 2 N–H and O–H groups in total. The predicted octanol–water partition coefficient (Wildman–Crippen LogP) is 2.05. The van der Waals surface area contributed by atoms with Crippen LogP contribution in [0.2, 0.25) is 0 Å². The van der Waals surface area contributed by atoms with E-state index in [0.29, 0.717) is 5.88 Å². The van der Waals surface area contributed by atoms with Gasteiger partial charge in [0.25, 0.3) is 0 Å². The highest BCUT2D eigenvalue weighted by molar-refractivity contribution is 5.63. The van der Waals surface area contributed by atoms with Crippen LogP contribution in [0.3, 0.4) is 0 Å². The quantitative estimate of drug-likeness (QED) is 0.830. The van der Waals surface area contributed by atoms with E-state index in [2.05, 4.69) is 9.88 Å². The summed E-state index contributed by atoms with van der Waals surface area (Å²) < 4.78 is 5.14. The fraction of sp³-hybridized carbons (Fsp3) is 0.583. The van der Waals surface area contributed by atoms with Crippen LogP contribution < -0.4 is 15.4 Å². The van der Waals surface area contributed by atoms with Crippen LogP contribution in [0.4, 0.5) is 11.5 Å². The second-order valence-electron chi connectivity index (χ2n) is 4.17. The first-order chi connectivity index (χ1) is 7.81. The first kappa shape index (κ1) is 11.0. The van der Waals surface area contributed by atoms with Crippen molar-refractivity contribution in [2.24, 2.45) is 0 Å². The molecule has 1 aliphatic heterocycles. The molecule has 0 spiro atoms. The number of nitrogen functional groups attached to an aromatic ring is 1. The molecule has 1 aromatic heterocycles. The Labute approximate surface area is 96.4 Å². The summed E-state index contributed by atoms with van der Waals surface area (Å²) in [6.07, 6.45) is 5.05. The Balaban J connectivity index is 2.22. The highest BCUT2D eigenvalue weighted by atomic mass is 16.5. The average molecular weight is 221 g/mol. The first-order valence-electron chi connectivity index (χ1n) is 5.87. The van der Waals surface area contributed by atoms with Crippen molar-refractivity contribution in [1.29, 1.82) is 0 Å². The lowest BCUT2D eigenvalue weighted by atomic mass is 10.2. The standard InChI is InChI=1S/C12H19N3O/c1-16-11-7-6-10(13)12(14-11)15-8-4-2-3-5-9-15/h6-7H,2-5,8-9,13H2,1H3. The van der Waals surface area contributed by atoms with Gasteiger partial charge in [0.1, 0.15) is 0 Å². The van der Waals surface area contributed by atoms with Crippen molar-refractivity contribution in [2.45, 2.75) is 25.7 Å². The predicted molar refractivity (Wildman–Crippen MR) is 65.9 cm³/mol. The molecular formula is C12H19N3O. The summed E-state index contributed by atoms with van der Waals surface area (Å²) in [4.78, 5) is 6.70. The number of hydrogen-bond acceptors (Lipinski definition) is 4. The molecule has 0 bridgehead atoms. The molecular weight excluding hydrogens is 202 g/mol. The second-order valence-corrected chi connectivity index (χ2v) is 4.17. The molecule has 0 aliphatic carbocycles. The monoisotopic (exact) mass is 221 g/mol. The molecule has 1 saturated heterocycles. The molecule has 1 aliphatic rings. The van der Waals surface area contributed by atoms with Gasteiger partial charge in [-0.3, -0.25) is 0 Å². The number of pyridine rings is 1. The van der Waals surface area contributed by atoms with Gasteiger partial charge < -0.3 is 15.4 Å². The zero-order valence-corrected chi connectivity index (χ0v) is 9.78. The van der Waals surface area contributed by atoms with Crippen LogP contribution in [0.5, 0.6) is 5.88 Å². The molecule has 0 atom stereocenters. The van der Waals surface area contributed by atoms with Crippen LogP contribution in [0.1, 0.15) is 25.7 Å². The lowest BCUT2D eigenvalue weighted by Gasteiger charge is -2.23. The molecule has 2 rings (SSSR count). The van der Waals surface area contributed by atoms with Crippen molar-refractivity contribution in [3.05, 3.63) is 12.1 Å². The van der Waals surface area contributed by atoms with Gasteiger partial charge in [0, 0.05) is 19.2 Å². The smallest absolute Gasteiger partial charge is 0.215 e. The van der Waals surface area contributed by atoms with Crippen LogP contribution in [-0.4, -0.2) is 25.2 Å².